The Hall–Kier alpha value is -2.71. The van der Waals surface area contributed by atoms with Crippen LogP contribution < -0.4 is 11.2 Å². The Morgan fingerprint density at radius 3 is 2.53 bits per heavy atom. The average molecular weight is 265 g/mol. The highest BCUT2D eigenvalue weighted by Gasteiger charge is 2.26. The highest BCUT2D eigenvalue weighted by atomic mass is 16.6. The summed E-state index contributed by atoms with van der Waals surface area (Å²) in [4.78, 5) is 37.8. The number of aromatic nitrogens is 4. The maximum atomic E-state index is 12.0. The molecule has 9 heteroatoms. The van der Waals surface area contributed by atoms with E-state index in [1.807, 2.05) is 0 Å². The number of nitro groups is 1. The van der Waals surface area contributed by atoms with Crippen LogP contribution in [0.25, 0.3) is 11.2 Å². The monoisotopic (exact) mass is 265 g/mol. The molecule has 0 amide bonds. The molecular weight excluding hydrogens is 254 g/mol. The van der Waals surface area contributed by atoms with Crippen molar-refractivity contribution in [2.24, 2.45) is 14.1 Å². The van der Waals surface area contributed by atoms with Gasteiger partial charge in [0.2, 0.25) is 5.52 Å². The van der Waals surface area contributed by atoms with Gasteiger partial charge in [0.05, 0.1) is 7.05 Å². The molecule has 2 aromatic heterocycles. The van der Waals surface area contributed by atoms with Gasteiger partial charge in [0.1, 0.15) is 0 Å². The summed E-state index contributed by atoms with van der Waals surface area (Å²) in [5.74, 6) is -0.490. The van der Waals surface area contributed by atoms with Gasteiger partial charge in [-0.05, 0) is 9.91 Å². The van der Waals surface area contributed by atoms with Gasteiger partial charge < -0.3 is 10.1 Å². The van der Waals surface area contributed by atoms with Crippen LogP contribution in [-0.2, 0) is 20.6 Å². The maximum Gasteiger partial charge on any atom is 0.437 e. The van der Waals surface area contributed by atoms with Crippen molar-refractivity contribution in [3.8, 4) is 0 Å². The fourth-order valence-electron chi connectivity index (χ4n) is 1.87. The summed E-state index contributed by atoms with van der Waals surface area (Å²) in [6.07, 6.45) is 1.45. The van der Waals surface area contributed by atoms with Crippen LogP contribution in [0.2, 0.25) is 0 Å². The van der Waals surface area contributed by atoms with Crippen molar-refractivity contribution in [2.45, 2.75) is 6.54 Å². The number of imidazole rings is 1. The van der Waals surface area contributed by atoms with Crippen molar-refractivity contribution in [1.29, 1.82) is 0 Å². The molecule has 2 aromatic rings. The van der Waals surface area contributed by atoms with Gasteiger partial charge in [-0.15, -0.1) is 6.58 Å². The van der Waals surface area contributed by atoms with E-state index in [0.717, 1.165) is 13.7 Å². The smallest absolute Gasteiger partial charge is 0.390 e. The van der Waals surface area contributed by atoms with E-state index >= 15 is 0 Å². The van der Waals surface area contributed by atoms with Crippen LogP contribution in [0.15, 0.2) is 22.2 Å². The lowest BCUT2D eigenvalue weighted by molar-refractivity contribution is -0.396. The van der Waals surface area contributed by atoms with Gasteiger partial charge in [0.25, 0.3) is 11.2 Å². The van der Waals surface area contributed by atoms with Crippen LogP contribution in [0.1, 0.15) is 0 Å². The molecular formula is C10H11N5O4. The third-order valence-corrected chi connectivity index (χ3v) is 2.81. The van der Waals surface area contributed by atoms with Crippen LogP contribution in [0.5, 0.6) is 0 Å². The fraction of sp³-hybridized carbons (Fsp3) is 0.300. The lowest BCUT2D eigenvalue weighted by atomic mass is 10.5. The molecule has 2 heterocycles. The van der Waals surface area contributed by atoms with Crippen molar-refractivity contribution in [3.05, 3.63) is 43.6 Å². The first-order valence-corrected chi connectivity index (χ1v) is 5.31. The Balaban J connectivity index is 3.08. The predicted molar refractivity (Wildman–Crippen MR) is 67.1 cm³/mol. The summed E-state index contributed by atoms with van der Waals surface area (Å²) >= 11 is 0. The molecule has 0 bridgehead atoms. The van der Waals surface area contributed by atoms with Crippen molar-refractivity contribution in [1.82, 2.24) is 18.7 Å². The summed E-state index contributed by atoms with van der Waals surface area (Å²) in [6.45, 7) is 3.61. The minimum atomic E-state index is -0.706. The molecule has 0 saturated carbocycles. The van der Waals surface area contributed by atoms with E-state index in [-0.39, 0.29) is 17.7 Å². The van der Waals surface area contributed by atoms with Gasteiger partial charge in [0.15, 0.2) is 0 Å². The summed E-state index contributed by atoms with van der Waals surface area (Å²) in [6, 6.07) is 0. The molecule has 0 N–H and O–H groups in total. The molecule has 0 atom stereocenters. The fourth-order valence-corrected chi connectivity index (χ4v) is 1.87. The molecule has 0 fully saturated rings. The van der Waals surface area contributed by atoms with Crippen LogP contribution in [0.3, 0.4) is 0 Å². The number of rotatable bonds is 3. The van der Waals surface area contributed by atoms with E-state index in [0.29, 0.717) is 0 Å². The molecule has 0 aromatic carbocycles. The van der Waals surface area contributed by atoms with Crippen molar-refractivity contribution in [2.75, 3.05) is 0 Å². The number of allylic oxidation sites excluding steroid dienone is 1. The van der Waals surface area contributed by atoms with Gasteiger partial charge in [-0.25, -0.2) is 9.36 Å². The quantitative estimate of drug-likeness (QED) is 0.423. The summed E-state index contributed by atoms with van der Waals surface area (Å²) in [7, 11) is 2.67. The Morgan fingerprint density at radius 2 is 2.00 bits per heavy atom. The second kappa shape index (κ2) is 4.19. The second-order valence-corrected chi connectivity index (χ2v) is 3.95. The van der Waals surface area contributed by atoms with Crippen LogP contribution >= 0.6 is 0 Å². The summed E-state index contributed by atoms with van der Waals surface area (Å²) in [5.41, 5.74) is -1.22. The maximum absolute atomic E-state index is 12.0. The molecule has 0 aliphatic rings. The van der Waals surface area contributed by atoms with Crippen LogP contribution in [0.4, 0.5) is 5.95 Å². The molecule has 2 rings (SSSR count). The van der Waals surface area contributed by atoms with Gasteiger partial charge >= 0.3 is 11.6 Å². The van der Waals surface area contributed by atoms with Crippen molar-refractivity contribution in [3.63, 3.8) is 0 Å². The molecule has 19 heavy (non-hydrogen) atoms. The van der Waals surface area contributed by atoms with E-state index in [2.05, 4.69) is 11.6 Å². The Bertz CT molecular complexity index is 810. The van der Waals surface area contributed by atoms with Crippen molar-refractivity contribution >= 4 is 17.1 Å². The first kappa shape index (κ1) is 12.7. The molecule has 0 radical (unpaired) electrons. The first-order valence-electron chi connectivity index (χ1n) is 5.31. The van der Waals surface area contributed by atoms with E-state index in [4.69, 9.17) is 0 Å². The van der Waals surface area contributed by atoms with Gasteiger partial charge in [-0.1, -0.05) is 6.08 Å². The number of hydrogen-bond donors (Lipinski definition) is 0. The summed E-state index contributed by atoms with van der Waals surface area (Å²) in [5, 5.41) is 10.8. The van der Waals surface area contributed by atoms with E-state index in [1.54, 1.807) is 0 Å². The molecule has 0 saturated heterocycles. The van der Waals surface area contributed by atoms with Crippen LogP contribution in [0, 0.1) is 10.1 Å². The molecule has 0 spiro atoms. The van der Waals surface area contributed by atoms with E-state index in [1.165, 1.54) is 20.2 Å². The Kier molecular flexibility index (Phi) is 2.81. The summed E-state index contributed by atoms with van der Waals surface area (Å²) < 4.78 is 3.12. The molecule has 0 aliphatic heterocycles. The molecule has 0 aliphatic carbocycles. The van der Waals surface area contributed by atoms with Gasteiger partial charge in [-0.3, -0.25) is 13.9 Å². The second-order valence-electron chi connectivity index (χ2n) is 3.95. The lowest BCUT2D eigenvalue weighted by Crippen LogP contribution is -2.38. The van der Waals surface area contributed by atoms with E-state index in [9.17, 15) is 19.7 Å². The molecule has 9 nitrogen and oxygen atoms in total. The zero-order valence-corrected chi connectivity index (χ0v) is 10.4. The third-order valence-electron chi connectivity index (χ3n) is 2.81. The third kappa shape index (κ3) is 1.66. The van der Waals surface area contributed by atoms with E-state index < -0.39 is 22.1 Å². The number of fused-ring (bicyclic) bond motifs is 1. The van der Waals surface area contributed by atoms with Crippen molar-refractivity contribution < 1.29 is 4.92 Å². The van der Waals surface area contributed by atoms with Gasteiger partial charge in [-0.2, -0.15) is 0 Å². The first-order chi connectivity index (χ1) is 8.90. The topological polar surface area (TPSA) is 105 Å². The number of hydrogen-bond acceptors (Lipinski definition) is 5. The highest BCUT2D eigenvalue weighted by molar-refractivity contribution is 5.72. The average Bonchev–Trinajstić information content (AvgIpc) is 2.70. The molecule has 100 valence electrons. The minimum Gasteiger partial charge on any atom is -0.390 e. The minimum absolute atomic E-state index is 0.00986. The highest BCUT2D eigenvalue weighted by Crippen LogP contribution is 2.15. The van der Waals surface area contributed by atoms with Crippen LogP contribution in [-0.4, -0.2) is 23.6 Å². The standard InChI is InChI=1S/C10H11N5O4/c1-4-5-14-7-6(8(16)13(3)10(14)17)12(2)9(11-7)15(18)19/h4H,1,5H2,2-3H3. The predicted octanol–water partition coefficient (Wildman–Crippen LogP) is -0.472. The number of aryl methyl sites for hydroxylation is 1. The Morgan fingerprint density at radius 1 is 1.37 bits per heavy atom. The Labute approximate surface area is 106 Å². The zero-order valence-electron chi connectivity index (χ0n) is 10.4. The lowest BCUT2D eigenvalue weighted by Gasteiger charge is -2.03. The normalized spacial score (nSPS) is 10.8. The number of nitrogens with zero attached hydrogens (tertiary/aromatic N) is 5. The zero-order chi connectivity index (χ0) is 14.3. The largest absolute Gasteiger partial charge is 0.437 e. The van der Waals surface area contributed by atoms with Gasteiger partial charge in [0, 0.05) is 13.6 Å². The molecule has 0 unspecified atom stereocenters. The SMILES string of the molecule is C=CCn1c(=O)n(C)c(=O)c2c1nc([N+](=O)[O-])n2C.